The van der Waals surface area contributed by atoms with E-state index in [2.05, 4.69) is 25.2 Å². The van der Waals surface area contributed by atoms with Crippen molar-refractivity contribution in [3.8, 4) is 0 Å². The summed E-state index contributed by atoms with van der Waals surface area (Å²) in [5, 5.41) is 1.93. The number of hydrogen-bond donors (Lipinski definition) is 0. The predicted octanol–water partition coefficient (Wildman–Crippen LogP) is 12.0. The maximum absolute atomic E-state index is 2.73. The normalized spacial score (nSPS) is 26.5. The van der Waals surface area contributed by atoms with Crippen LogP contribution in [0.15, 0.2) is 47.8 Å². The topological polar surface area (TPSA) is 0 Å². The molecule has 0 nitrogen and oxygen atoms in total. The molecule has 0 aromatic carbocycles. The van der Waals surface area contributed by atoms with Gasteiger partial charge in [0.2, 0.25) is 0 Å². The molecule has 0 aromatic heterocycles. The van der Waals surface area contributed by atoms with Crippen molar-refractivity contribution in [2.45, 2.75) is 164 Å². The van der Waals surface area contributed by atoms with Crippen molar-refractivity contribution < 1.29 is 17.1 Å². The van der Waals surface area contributed by atoms with Crippen molar-refractivity contribution >= 4 is 15.8 Å². The SMILES string of the molecule is CC([C]1C=CC=C1P(C1CCCCC1)C1CCCCC1)P(C1CCCCC1)C1CCCCC1.[CH]1C=CC=C1.[Fe+2]. The summed E-state index contributed by atoms with van der Waals surface area (Å²) < 4.78 is 0. The van der Waals surface area contributed by atoms with Gasteiger partial charge in [-0.05, 0) is 85.0 Å². The van der Waals surface area contributed by atoms with Crippen LogP contribution in [0.4, 0.5) is 0 Å². The predicted molar refractivity (Wildman–Crippen MR) is 174 cm³/mol. The maximum Gasteiger partial charge on any atom is 2.00 e. The quantitative estimate of drug-likeness (QED) is 0.200. The van der Waals surface area contributed by atoms with Gasteiger partial charge in [0.1, 0.15) is 0 Å². The van der Waals surface area contributed by atoms with Gasteiger partial charge in [-0.2, -0.15) is 0 Å². The Morgan fingerprint density at radius 2 is 0.949 bits per heavy atom. The van der Waals surface area contributed by atoms with E-state index in [1.807, 2.05) is 42.0 Å². The Bertz CT molecular complexity index is 758. The van der Waals surface area contributed by atoms with Crippen molar-refractivity contribution in [3.05, 3.63) is 60.2 Å². The van der Waals surface area contributed by atoms with Crippen LogP contribution in [0, 0.1) is 12.3 Å². The molecule has 0 saturated heterocycles. The first kappa shape index (κ1) is 32.3. The molecule has 39 heavy (non-hydrogen) atoms. The van der Waals surface area contributed by atoms with Crippen LogP contribution in [0.2, 0.25) is 0 Å². The zero-order valence-electron chi connectivity index (χ0n) is 24.9. The molecule has 0 spiro atoms. The van der Waals surface area contributed by atoms with Crippen LogP contribution in [-0.2, 0) is 17.1 Å². The largest absolute Gasteiger partial charge is 2.00 e. The standard InChI is InChI=1S/C31H51P2.C5H5.Fe/c1-25(32(26-15-6-2-7-16-26)27-17-8-3-9-18-27)30-23-14-24-31(30)33(28-19-10-4-11-20-28)29-21-12-5-13-22-29;1-2-4-5-3-1;/h14,23-29H,2-13,15-22H2,1H3;1-5H;/q;;+2. The number of hydrogen-bond acceptors (Lipinski definition) is 0. The summed E-state index contributed by atoms with van der Waals surface area (Å²) in [7, 11) is 0.168. The molecule has 0 amide bonds. The Kier molecular flexibility index (Phi) is 14.4. The molecule has 0 N–H and O–H groups in total. The molecular formula is C36H56FeP2+2. The van der Waals surface area contributed by atoms with E-state index >= 15 is 0 Å². The van der Waals surface area contributed by atoms with Gasteiger partial charge in [-0.15, -0.1) is 0 Å². The van der Waals surface area contributed by atoms with E-state index < -0.39 is 0 Å². The van der Waals surface area contributed by atoms with E-state index in [1.165, 1.54) is 77.0 Å². The average Bonchev–Trinajstić information content (AvgIpc) is 3.72. The second-order valence-corrected chi connectivity index (χ2v) is 18.9. The van der Waals surface area contributed by atoms with Crippen molar-refractivity contribution in [1.82, 2.24) is 0 Å². The second kappa shape index (κ2) is 17.5. The molecule has 6 aliphatic carbocycles. The molecule has 0 aromatic rings. The Balaban J connectivity index is 0.000000530. The number of allylic oxidation sites excluding steroid dienone is 8. The van der Waals surface area contributed by atoms with Crippen LogP contribution in [-0.4, -0.2) is 28.3 Å². The minimum absolute atomic E-state index is 0. The van der Waals surface area contributed by atoms with E-state index in [1.54, 1.807) is 51.4 Å². The molecule has 4 saturated carbocycles. The minimum atomic E-state index is 0. The molecule has 4 fully saturated rings. The third-order valence-electron chi connectivity index (χ3n) is 10.5. The van der Waals surface area contributed by atoms with Crippen LogP contribution >= 0.6 is 15.8 Å². The van der Waals surface area contributed by atoms with Gasteiger partial charge in [0, 0.05) is 12.3 Å². The van der Waals surface area contributed by atoms with Crippen LogP contribution in [0.25, 0.3) is 0 Å². The van der Waals surface area contributed by atoms with Gasteiger partial charge in [0.05, 0.1) is 0 Å². The van der Waals surface area contributed by atoms with Crippen LogP contribution in [0.1, 0.15) is 135 Å². The van der Waals surface area contributed by atoms with E-state index in [4.69, 9.17) is 0 Å². The molecule has 0 bridgehead atoms. The van der Waals surface area contributed by atoms with E-state index in [9.17, 15) is 0 Å². The van der Waals surface area contributed by atoms with Gasteiger partial charge in [-0.1, -0.05) is 142 Å². The third-order valence-corrected chi connectivity index (χ3v) is 17.9. The Labute approximate surface area is 255 Å². The first-order valence-electron chi connectivity index (χ1n) is 16.8. The van der Waals surface area contributed by atoms with Crippen LogP contribution in [0.5, 0.6) is 0 Å². The molecule has 0 heterocycles. The minimum Gasteiger partial charge on any atom is -0.0962 e. The maximum atomic E-state index is 2.73. The van der Waals surface area contributed by atoms with Crippen molar-refractivity contribution in [2.75, 3.05) is 0 Å². The average molecular weight is 607 g/mol. The molecule has 6 rings (SSSR count). The molecule has 3 heteroatoms. The first-order valence-corrected chi connectivity index (χ1v) is 19.8. The smallest absolute Gasteiger partial charge is 0.0962 e. The van der Waals surface area contributed by atoms with E-state index in [-0.39, 0.29) is 32.9 Å². The molecule has 6 aliphatic rings. The van der Waals surface area contributed by atoms with Gasteiger partial charge < -0.3 is 0 Å². The van der Waals surface area contributed by atoms with Gasteiger partial charge in [0.25, 0.3) is 0 Å². The fraction of sp³-hybridized carbons (Fsp3) is 0.722. The van der Waals surface area contributed by atoms with E-state index in [0.717, 1.165) is 28.3 Å². The first-order chi connectivity index (χ1) is 18.8. The molecule has 216 valence electrons. The van der Waals surface area contributed by atoms with Gasteiger partial charge in [0.15, 0.2) is 0 Å². The van der Waals surface area contributed by atoms with Gasteiger partial charge in [-0.3, -0.25) is 0 Å². The van der Waals surface area contributed by atoms with Crippen molar-refractivity contribution in [3.63, 3.8) is 0 Å². The summed E-state index contributed by atoms with van der Waals surface area (Å²) in [6, 6.07) is 0. The molecule has 1 atom stereocenters. The number of rotatable bonds is 7. The molecular weight excluding hydrogens is 550 g/mol. The van der Waals surface area contributed by atoms with Gasteiger partial charge >= 0.3 is 17.1 Å². The Hall–Kier alpha value is 0.339. The monoisotopic (exact) mass is 606 g/mol. The van der Waals surface area contributed by atoms with Crippen molar-refractivity contribution in [2.24, 2.45) is 0 Å². The summed E-state index contributed by atoms with van der Waals surface area (Å²) in [5.41, 5.74) is 5.09. The molecule has 1 unspecified atom stereocenters. The summed E-state index contributed by atoms with van der Waals surface area (Å²) in [6.45, 7) is 2.73. The zero-order valence-corrected chi connectivity index (χ0v) is 27.8. The summed E-state index contributed by atoms with van der Waals surface area (Å²) in [4.78, 5) is 0. The summed E-state index contributed by atoms with van der Waals surface area (Å²) >= 11 is 0. The Morgan fingerprint density at radius 1 is 0.538 bits per heavy atom. The second-order valence-electron chi connectivity index (χ2n) is 13.0. The Morgan fingerprint density at radius 3 is 1.33 bits per heavy atom. The summed E-state index contributed by atoms with van der Waals surface area (Å²) in [5.74, 6) is 1.87. The molecule has 2 radical (unpaired) electrons. The fourth-order valence-corrected chi connectivity index (χ4v) is 17.1. The zero-order chi connectivity index (χ0) is 26.0. The van der Waals surface area contributed by atoms with Crippen LogP contribution < -0.4 is 0 Å². The third kappa shape index (κ3) is 8.92. The summed E-state index contributed by atoms with van der Waals surface area (Å²) in [6.07, 6.45) is 48.4. The fourth-order valence-electron chi connectivity index (χ4n) is 8.59. The molecule has 0 aliphatic heterocycles. The van der Waals surface area contributed by atoms with Crippen LogP contribution in [0.3, 0.4) is 0 Å². The van der Waals surface area contributed by atoms with Gasteiger partial charge in [-0.25, -0.2) is 0 Å². The van der Waals surface area contributed by atoms with Crippen molar-refractivity contribution in [1.29, 1.82) is 0 Å². The van der Waals surface area contributed by atoms with E-state index in [0.29, 0.717) is 0 Å².